The van der Waals surface area contributed by atoms with E-state index < -0.39 is 0 Å². The number of hydrogen-bond acceptors (Lipinski definition) is 2. The summed E-state index contributed by atoms with van der Waals surface area (Å²) in [7, 11) is 0. The molecule has 0 fully saturated rings. The van der Waals surface area contributed by atoms with Crippen LogP contribution in [0.15, 0.2) is 24.3 Å². The van der Waals surface area contributed by atoms with Crippen molar-refractivity contribution in [2.24, 2.45) is 0 Å². The van der Waals surface area contributed by atoms with Gasteiger partial charge in [0.05, 0.1) is 0 Å². The van der Waals surface area contributed by atoms with Crippen LogP contribution in [0.5, 0.6) is 5.75 Å². The first-order valence-corrected chi connectivity index (χ1v) is 4.99. The van der Waals surface area contributed by atoms with Crippen molar-refractivity contribution in [1.82, 2.24) is 0 Å². The lowest BCUT2D eigenvalue weighted by Crippen LogP contribution is -2.05. The number of benzene rings is 1. The van der Waals surface area contributed by atoms with Crippen molar-refractivity contribution in [1.29, 1.82) is 0 Å². The van der Waals surface area contributed by atoms with Crippen LogP contribution in [0.3, 0.4) is 0 Å². The van der Waals surface area contributed by atoms with Gasteiger partial charge in [-0.2, -0.15) is 0 Å². The molecule has 0 aliphatic heterocycles. The molecule has 0 saturated heterocycles. The van der Waals surface area contributed by atoms with Gasteiger partial charge in [-0.1, -0.05) is 32.9 Å². The maximum atomic E-state index is 10.9. The highest BCUT2D eigenvalue weighted by atomic mass is 16.5. The fraction of sp³-hybridized carbons (Fsp3) is 0.417. The van der Waals surface area contributed by atoms with Gasteiger partial charge in [-0.15, -0.1) is 0 Å². The Morgan fingerprint density at radius 3 is 2.50 bits per heavy atom. The van der Waals surface area contributed by atoms with Crippen molar-refractivity contribution >= 4 is 5.97 Å². The Morgan fingerprint density at radius 1 is 1.36 bits per heavy atom. The number of carbonyl (C=O) groups is 1. The van der Waals surface area contributed by atoms with Crippen LogP contribution in [0, 0.1) is 6.92 Å². The van der Waals surface area contributed by atoms with E-state index in [1.54, 1.807) is 13.0 Å². The maximum absolute atomic E-state index is 10.9. The summed E-state index contributed by atoms with van der Waals surface area (Å²) >= 11 is 0. The molecule has 1 rings (SSSR count). The van der Waals surface area contributed by atoms with Gasteiger partial charge >= 0.3 is 5.97 Å². The monoisotopic (exact) mass is 194 g/mol. The van der Waals surface area contributed by atoms with E-state index in [1.165, 1.54) is 0 Å². The van der Waals surface area contributed by atoms with Crippen LogP contribution in [-0.2, 0) is 4.79 Å². The fourth-order valence-electron chi connectivity index (χ4n) is 0.882. The highest BCUT2D eigenvalue weighted by molar-refractivity contribution is 5.71. The van der Waals surface area contributed by atoms with Crippen molar-refractivity contribution in [3.63, 3.8) is 0 Å². The van der Waals surface area contributed by atoms with Gasteiger partial charge in [-0.3, -0.25) is 4.79 Å². The zero-order chi connectivity index (χ0) is 11.0. The molecule has 0 saturated carbocycles. The van der Waals surface area contributed by atoms with Gasteiger partial charge in [0.1, 0.15) is 5.75 Å². The molecule has 0 heterocycles. The minimum atomic E-state index is -0.194. The molecule has 14 heavy (non-hydrogen) atoms. The molecular formula is C12H18O2. The van der Waals surface area contributed by atoms with Crippen molar-refractivity contribution in [3.8, 4) is 5.75 Å². The van der Waals surface area contributed by atoms with Crippen molar-refractivity contribution in [2.75, 3.05) is 0 Å². The number of hydrogen-bond donors (Lipinski definition) is 0. The van der Waals surface area contributed by atoms with Gasteiger partial charge in [-0.05, 0) is 24.6 Å². The molecule has 0 aliphatic carbocycles. The smallest absolute Gasteiger partial charge is 0.310 e. The van der Waals surface area contributed by atoms with E-state index in [1.807, 2.05) is 39.0 Å². The minimum absolute atomic E-state index is 0.194. The summed E-state index contributed by atoms with van der Waals surface area (Å²) in [6.07, 6.45) is 0.411. The summed E-state index contributed by atoms with van der Waals surface area (Å²) in [6, 6.07) is 7.45. The molecule has 0 unspecified atom stereocenters. The zero-order valence-corrected chi connectivity index (χ0v) is 9.33. The average Bonchev–Trinajstić information content (AvgIpc) is 2.21. The van der Waals surface area contributed by atoms with E-state index in [9.17, 15) is 4.79 Å². The van der Waals surface area contributed by atoms with Crippen molar-refractivity contribution in [2.45, 2.75) is 34.1 Å². The number of rotatable bonds is 2. The highest BCUT2D eigenvalue weighted by Crippen LogP contribution is 2.12. The third kappa shape index (κ3) is 4.65. The van der Waals surface area contributed by atoms with Gasteiger partial charge in [-0.25, -0.2) is 0 Å². The lowest BCUT2D eigenvalue weighted by Gasteiger charge is -2.02. The maximum Gasteiger partial charge on any atom is 0.310 e. The molecule has 78 valence electrons. The molecule has 2 nitrogen and oxygen atoms in total. The first kappa shape index (κ1) is 12.7. The molecule has 0 aliphatic rings. The Hall–Kier alpha value is -1.31. The molecule has 1 aromatic rings. The van der Waals surface area contributed by atoms with Crippen LogP contribution >= 0.6 is 0 Å². The summed E-state index contributed by atoms with van der Waals surface area (Å²) in [4.78, 5) is 10.9. The standard InChI is InChI=1S/C10H12O2.C2H6/c1-3-10(11)12-9-6-4-5-8(2)7-9;1-2/h4-7H,3H2,1-2H3;1-2H3. The highest BCUT2D eigenvalue weighted by Gasteiger charge is 1.99. The summed E-state index contributed by atoms with van der Waals surface area (Å²) in [5.74, 6) is 0.433. The van der Waals surface area contributed by atoms with Crippen molar-refractivity contribution in [3.05, 3.63) is 29.8 Å². The van der Waals surface area contributed by atoms with Gasteiger partial charge in [0, 0.05) is 6.42 Å². The number of esters is 1. The minimum Gasteiger partial charge on any atom is -0.427 e. The first-order chi connectivity index (χ1) is 6.72. The topological polar surface area (TPSA) is 26.3 Å². The van der Waals surface area contributed by atoms with Gasteiger partial charge < -0.3 is 4.74 Å². The number of ether oxygens (including phenoxy) is 1. The molecular weight excluding hydrogens is 176 g/mol. The largest absolute Gasteiger partial charge is 0.427 e. The second-order valence-electron chi connectivity index (χ2n) is 2.64. The van der Waals surface area contributed by atoms with E-state index in [-0.39, 0.29) is 5.97 Å². The van der Waals surface area contributed by atoms with E-state index in [0.717, 1.165) is 5.56 Å². The Bertz CT molecular complexity index is 279. The lowest BCUT2D eigenvalue weighted by atomic mass is 10.2. The van der Waals surface area contributed by atoms with Crippen LogP contribution in [0.4, 0.5) is 0 Å². The molecule has 2 heteroatoms. The SMILES string of the molecule is CC.CCC(=O)Oc1cccc(C)c1. The second-order valence-corrected chi connectivity index (χ2v) is 2.64. The Morgan fingerprint density at radius 2 is 2.00 bits per heavy atom. The third-order valence-electron chi connectivity index (χ3n) is 1.51. The molecule has 0 N–H and O–H groups in total. The molecule has 1 aromatic carbocycles. The average molecular weight is 194 g/mol. The lowest BCUT2D eigenvalue weighted by molar-refractivity contribution is -0.134. The Kier molecular flexibility index (Phi) is 6.46. The fourth-order valence-corrected chi connectivity index (χ4v) is 0.882. The number of aryl methyl sites for hydroxylation is 1. The van der Waals surface area contributed by atoms with Crippen LogP contribution in [0.2, 0.25) is 0 Å². The second kappa shape index (κ2) is 7.13. The predicted octanol–water partition coefficient (Wildman–Crippen LogP) is 3.34. The van der Waals surface area contributed by atoms with Crippen LogP contribution < -0.4 is 4.74 Å². The predicted molar refractivity (Wildman–Crippen MR) is 58.5 cm³/mol. The molecule has 0 amide bonds. The first-order valence-electron chi connectivity index (χ1n) is 4.99. The summed E-state index contributed by atoms with van der Waals surface area (Å²) < 4.78 is 5.01. The van der Waals surface area contributed by atoms with Gasteiger partial charge in [0.15, 0.2) is 0 Å². The number of carbonyl (C=O) groups excluding carboxylic acids is 1. The van der Waals surface area contributed by atoms with E-state index in [0.29, 0.717) is 12.2 Å². The van der Waals surface area contributed by atoms with Crippen LogP contribution in [0.25, 0.3) is 0 Å². The Balaban J connectivity index is 0.000000791. The van der Waals surface area contributed by atoms with Crippen LogP contribution in [-0.4, -0.2) is 5.97 Å². The van der Waals surface area contributed by atoms with Crippen molar-refractivity contribution < 1.29 is 9.53 Å². The molecule has 0 radical (unpaired) electrons. The third-order valence-corrected chi connectivity index (χ3v) is 1.51. The molecule has 0 spiro atoms. The normalized spacial score (nSPS) is 8.57. The summed E-state index contributed by atoms with van der Waals surface area (Å²) in [5, 5.41) is 0. The summed E-state index contributed by atoms with van der Waals surface area (Å²) in [6.45, 7) is 7.74. The molecule has 0 aromatic heterocycles. The van der Waals surface area contributed by atoms with Gasteiger partial charge in [0.25, 0.3) is 0 Å². The van der Waals surface area contributed by atoms with E-state index in [2.05, 4.69) is 0 Å². The van der Waals surface area contributed by atoms with Gasteiger partial charge in [0.2, 0.25) is 0 Å². The van der Waals surface area contributed by atoms with E-state index in [4.69, 9.17) is 4.74 Å². The summed E-state index contributed by atoms with van der Waals surface area (Å²) in [5.41, 5.74) is 1.09. The molecule has 0 bridgehead atoms. The molecule has 0 atom stereocenters. The van der Waals surface area contributed by atoms with E-state index >= 15 is 0 Å². The quantitative estimate of drug-likeness (QED) is 0.533. The Labute approximate surface area is 85.9 Å². The van der Waals surface area contributed by atoms with Crippen LogP contribution in [0.1, 0.15) is 32.8 Å². The zero-order valence-electron chi connectivity index (χ0n) is 9.33.